The molecule has 2 N–H and O–H groups in total. The van der Waals surface area contributed by atoms with Gasteiger partial charge in [0.15, 0.2) is 0 Å². The maximum absolute atomic E-state index is 13.7. The summed E-state index contributed by atoms with van der Waals surface area (Å²) in [6.45, 7) is 5.11. The first-order valence-electron chi connectivity index (χ1n) is 11.9. The van der Waals surface area contributed by atoms with E-state index >= 15 is 0 Å². The lowest BCUT2D eigenvalue weighted by Crippen LogP contribution is -2.49. The number of carbonyl (C=O) groups excluding carboxylic acids is 1. The van der Waals surface area contributed by atoms with Gasteiger partial charge in [0.05, 0.1) is 18.8 Å². The fraction of sp³-hybridized carbons (Fsp3) is 0.560. The highest BCUT2D eigenvalue weighted by molar-refractivity contribution is 5.83. The summed E-state index contributed by atoms with van der Waals surface area (Å²) in [6.07, 6.45) is 5.67. The smallest absolute Gasteiger partial charge is 0.241 e. The molecule has 2 aliphatic rings. The van der Waals surface area contributed by atoms with E-state index in [9.17, 15) is 4.79 Å². The molecule has 2 aromatic rings. The Balaban J connectivity index is 1.69. The standard InChI is InChI=1S/C25H36N6O2/c1-16(2)20-14-21(29-28-20)24(32)31-13-7-6-8-22(31)23-19(15-26-25(27-23)30(3)4)17-9-11-18(33-5)12-10-17/h9-12,15-16,20-22,28-29H,6-8,13-14H2,1-5H3. The number of rotatable bonds is 6. The molecule has 3 unspecified atom stereocenters. The zero-order chi connectivity index (χ0) is 23.5. The first kappa shape index (κ1) is 23.4. The molecule has 3 atom stereocenters. The van der Waals surface area contributed by atoms with E-state index < -0.39 is 0 Å². The minimum atomic E-state index is -0.211. The molecule has 2 saturated heterocycles. The minimum Gasteiger partial charge on any atom is -0.497 e. The first-order chi connectivity index (χ1) is 15.9. The van der Waals surface area contributed by atoms with Gasteiger partial charge in [0, 0.05) is 38.4 Å². The van der Waals surface area contributed by atoms with Crippen LogP contribution in [0.3, 0.4) is 0 Å². The SMILES string of the molecule is COc1ccc(-c2cnc(N(C)C)nc2C2CCCCN2C(=O)C2CC(C(C)C)NN2)cc1. The average Bonchev–Trinajstić information content (AvgIpc) is 3.34. The van der Waals surface area contributed by atoms with Crippen LogP contribution >= 0.6 is 0 Å². The van der Waals surface area contributed by atoms with E-state index in [0.29, 0.717) is 17.9 Å². The third kappa shape index (κ3) is 4.96. The van der Waals surface area contributed by atoms with Crippen molar-refractivity contribution in [3.63, 3.8) is 0 Å². The van der Waals surface area contributed by atoms with Crippen molar-refractivity contribution in [2.45, 2.75) is 57.7 Å². The van der Waals surface area contributed by atoms with E-state index in [-0.39, 0.29) is 18.0 Å². The van der Waals surface area contributed by atoms with Crippen LogP contribution in [-0.4, -0.2) is 60.6 Å². The van der Waals surface area contributed by atoms with Gasteiger partial charge >= 0.3 is 0 Å². The monoisotopic (exact) mass is 452 g/mol. The largest absolute Gasteiger partial charge is 0.497 e. The van der Waals surface area contributed by atoms with Gasteiger partial charge in [0.1, 0.15) is 11.8 Å². The Labute approximate surface area is 196 Å². The van der Waals surface area contributed by atoms with Crippen molar-refractivity contribution in [2.24, 2.45) is 5.92 Å². The molecule has 1 aromatic carbocycles. The van der Waals surface area contributed by atoms with E-state index in [2.05, 4.69) is 29.7 Å². The number of hydrogen-bond donors (Lipinski definition) is 2. The van der Waals surface area contributed by atoms with Crippen molar-refractivity contribution in [3.05, 3.63) is 36.2 Å². The number of hydrogen-bond acceptors (Lipinski definition) is 7. The van der Waals surface area contributed by atoms with E-state index in [4.69, 9.17) is 9.72 Å². The number of hydrazine groups is 1. The van der Waals surface area contributed by atoms with Crippen molar-refractivity contribution < 1.29 is 9.53 Å². The van der Waals surface area contributed by atoms with Gasteiger partial charge in [-0.25, -0.2) is 15.4 Å². The molecule has 0 saturated carbocycles. The molecule has 8 nitrogen and oxygen atoms in total. The molecule has 2 aliphatic heterocycles. The van der Waals surface area contributed by atoms with Crippen molar-refractivity contribution in [3.8, 4) is 16.9 Å². The van der Waals surface area contributed by atoms with Crippen LogP contribution in [0.1, 0.15) is 51.3 Å². The number of methoxy groups -OCH3 is 1. The Bertz CT molecular complexity index is 962. The molecule has 1 aromatic heterocycles. The van der Waals surface area contributed by atoms with Crippen LogP contribution in [0.5, 0.6) is 5.75 Å². The van der Waals surface area contributed by atoms with Gasteiger partial charge in [-0.1, -0.05) is 26.0 Å². The van der Waals surface area contributed by atoms with E-state index in [0.717, 1.165) is 54.8 Å². The lowest BCUT2D eigenvalue weighted by molar-refractivity contribution is -0.137. The lowest BCUT2D eigenvalue weighted by atomic mass is 9.92. The van der Waals surface area contributed by atoms with Crippen molar-refractivity contribution >= 4 is 11.9 Å². The molecule has 0 radical (unpaired) electrons. The molecular weight excluding hydrogens is 416 g/mol. The number of anilines is 1. The summed E-state index contributed by atoms with van der Waals surface area (Å²) in [5.41, 5.74) is 9.46. The molecule has 3 heterocycles. The third-order valence-corrected chi connectivity index (χ3v) is 6.74. The van der Waals surface area contributed by atoms with Crippen molar-refractivity contribution in [1.29, 1.82) is 0 Å². The van der Waals surface area contributed by atoms with E-state index in [1.807, 2.05) is 54.4 Å². The average molecular weight is 453 g/mol. The quantitative estimate of drug-likeness (QED) is 0.697. The summed E-state index contributed by atoms with van der Waals surface area (Å²) in [5.74, 6) is 2.08. The van der Waals surface area contributed by atoms with Crippen molar-refractivity contribution in [1.82, 2.24) is 25.7 Å². The first-order valence-corrected chi connectivity index (χ1v) is 11.9. The zero-order valence-electron chi connectivity index (χ0n) is 20.3. The summed E-state index contributed by atoms with van der Waals surface area (Å²) in [6, 6.07) is 7.97. The summed E-state index contributed by atoms with van der Waals surface area (Å²) in [7, 11) is 5.54. The fourth-order valence-corrected chi connectivity index (χ4v) is 4.71. The normalized spacial score (nSPS) is 23.1. The van der Waals surface area contributed by atoms with E-state index in [1.165, 1.54) is 0 Å². The molecular formula is C25H36N6O2. The molecule has 8 heteroatoms. The molecule has 4 rings (SSSR count). The number of carbonyl (C=O) groups is 1. The Morgan fingerprint density at radius 1 is 1.18 bits per heavy atom. The predicted molar refractivity (Wildman–Crippen MR) is 130 cm³/mol. The van der Waals surface area contributed by atoms with E-state index in [1.54, 1.807) is 7.11 Å². The number of ether oxygens (including phenoxy) is 1. The number of benzene rings is 1. The highest BCUT2D eigenvalue weighted by Gasteiger charge is 2.38. The van der Waals surface area contributed by atoms with Crippen LogP contribution in [-0.2, 0) is 4.79 Å². The van der Waals surface area contributed by atoms with Gasteiger partial charge in [-0.05, 0) is 49.3 Å². The second kappa shape index (κ2) is 10.1. The molecule has 178 valence electrons. The van der Waals surface area contributed by atoms with Crippen LogP contribution in [0.4, 0.5) is 5.95 Å². The third-order valence-electron chi connectivity index (χ3n) is 6.74. The fourth-order valence-electron chi connectivity index (χ4n) is 4.71. The molecule has 2 fully saturated rings. The second-order valence-electron chi connectivity index (χ2n) is 9.56. The van der Waals surface area contributed by atoms with Crippen LogP contribution < -0.4 is 20.5 Å². The number of nitrogens with zero attached hydrogens (tertiary/aromatic N) is 4. The number of aromatic nitrogens is 2. The van der Waals surface area contributed by atoms with Gasteiger partial charge in [0.2, 0.25) is 11.9 Å². The number of likely N-dealkylation sites (tertiary alicyclic amines) is 1. The minimum absolute atomic E-state index is 0.0787. The Morgan fingerprint density at radius 2 is 1.94 bits per heavy atom. The summed E-state index contributed by atoms with van der Waals surface area (Å²) < 4.78 is 5.33. The number of piperidine rings is 1. The van der Waals surface area contributed by atoms with Gasteiger partial charge < -0.3 is 14.5 Å². The Kier molecular flexibility index (Phi) is 7.14. The van der Waals surface area contributed by atoms with Crippen LogP contribution in [0, 0.1) is 5.92 Å². The maximum Gasteiger partial charge on any atom is 0.241 e. The Hall–Kier alpha value is -2.71. The van der Waals surface area contributed by atoms with Gasteiger partial charge in [-0.3, -0.25) is 10.2 Å². The summed E-state index contributed by atoms with van der Waals surface area (Å²) in [4.78, 5) is 27.2. The molecule has 0 spiro atoms. The van der Waals surface area contributed by atoms with Gasteiger partial charge in [-0.2, -0.15) is 0 Å². The van der Waals surface area contributed by atoms with Crippen LogP contribution in [0.15, 0.2) is 30.5 Å². The molecule has 33 heavy (non-hydrogen) atoms. The number of amides is 1. The molecule has 0 bridgehead atoms. The number of nitrogens with one attached hydrogen (secondary N) is 2. The van der Waals surface area contributed by atoms with Crippen LogP contribution in [0.2, 0.25) is 0 Å². The summed E-state index contributed by atoms with van der Waals surface area (Å²) >= 11 is 0. The van der Waals surface area contributed by atoms with Crippen LogP contribution in [0.25, 0.3) is 11.1 Å². The van der Waals surface area contributed by atoms with Gasteiger partial charge in [-0.15, -0.1) is 0 Å². The van der Waals surface area contributed by atoms with Crippen molar-refractivity contribution in [2.75, 3.05) is 32.6 Å². The molecule has 1 amide bonds. The maximum atomic E-state index is 13.7. The molecule has 0 aliphatic carbocycles. The lowest BCUT2D eigenvalue weighted by Gasteiger charge is -2.37. The summed E-state index contributed by atoms with van der Waals surface area (Å²) in [5, 5.41) is 0. The van der Waals surface area contributed by atoms with Gasteiger partial charge in [0.25, 0.3) is 0 Å². The predicted octanol–water partition coefficient (Wildman–Crippen LogP) is 3.16. The topological polar surface area (TPSA) is 82.6 Å². The highest BCUT2D eigenvalue weighted by atomic mass is 16.5. The zero-order valence-corrected chi connectivity index (χ0v) is 20.3. The highest BCUT2D eigenvalue weighted by Crippen LogP contribution is 2.37. The second-order valence-corrected chi connectivity index (χ2v) is 9.56. The Morgan fingerprint density at radius 3 is 2.58 bits per heavy atom.